The number of thiocarbonyl (C=S) groups is 1. The highest BCUT2D eigenvalue weighted by Crippen LogP contribution is 2.19. The van der Waals surface area contributed by atoms with Gasteiger partial charge in [-0.1, -0.05) is 12.2 Å². The summed E-state index contributed by atoms with van der Waals surface area (Å²) >= 11 is 4.98. The van der Waals surface area contributed by atoms with Gasteiger partial charge in [-0.3, -0.25) is 0 Å². The first kappa shape index (κ1) is 13.5. The topological polar surface area (TPSA) is 77.0 Å². The van der Waals surface area contributed by atoms with Crippen LogP contribution in [0.3, 0.4) is 0 Å². The third-order valence-electron chi connectivity index (χ3n) is 2.61. The number of nitrogens with one attached hydrogen (secondary N) is 1. The maximum atomic E-state index is 5.64. The van der Waals surface area contributed by atoms with Crippen LogP contribution in [0.1, 0.15) is 35.9 Å². The second-order valence-corrected chi connectivity index (χ2v) is 4.86. The lowest BCUT2D eigenvalue weighted by atomic mass is 10.2. The summed E-state index contributed by atoms with van der Waals surface area (Å²) < 4.78 is 5.47. The van der Waals surface area contributed by atoms with E-state index in [1.165, 1.54) is 0 Å². The van der Waals surface area contributed by atoms with Crippen LogP contribution in [0.15, 0.2) is 22.7 Å². The molecule has 0 bridgehead atoms. The lowest BCUT2D eigenvalue weighted by molar-refractivity contribution is 0.453. The van der Waals surface area contributed by atoms with Gasteiger partial charge in [-0.2, -0.15) is 0 Å². The van der Waals surface area contributed by atoms with Crippen molar-refractivity contribution in [3.63, 3.8) is 0 Å². The molecule has 0 radical (unpaired) electrons. The number of anilines is 1. The molecule has 3 N–H and O–H groups in total. The molecule has 5 nitrogen and oxygen atoms in total. The molecule has 2 rings (SSSR count). The highest BCUT2D eigenvalue weighted by atomic mass is 32.1. The SMILES string of the molecule is Cc1cc(C(N)=S)cc(NC(C)c2ncc(C)o2)n1. The molecule has 6 heteroatoms. The molecule has 1 atom stereocenters. The predicted octanol–water partition coefficient (Wildman–Crippen LogP) is 2.49. The van der Waals surface area contributed by atoms with E-state index in [1.54, 1.807) is 6.20 Å². The first-order chi connectivity index (χ1) is 8.95. The molecule has 0 fully saturated rings. The Labute approximate surface area is 117 Å². The number of pyridine rings is 1. The highest BCUT2D eigenvalue weighted by Gasteiger charge is 2.12. The first-order valence-electron chi connectivity index (χ1n) is 5.93. The summed E-state index contributed by atoms with van der Waals surface area (Å²) in [6.45, 7) is 5.71. The van der Waals surface area contributed by atoms with E-state index >= 15 is 0 Å². The molecule has 0 saturated carbocycles. The van der Waals surface area contributed by atoms with Crippen LogP contribution in [-0.2, 0) is 0 Å². The smallest absolute Gasteiger partial charge is 0.216 e. The van der Waals surface area contributed by atoms with E-state index in [-0.39, 0.29) is 6.04 Å². The number of hydrogen-bond donors (Lipinski definition) is 2. The van der Waals surface area contributed by atoms with E-state index in [2.05, 4.69) is 15.3 Å². The van der Waals surface area contributed by atoms with E-state index in [0.29, 0.717) is 16.7 Å². The molecular weight excluding hydrogens is 260 g/mol. The van der Waals surface area contributed by atoms with Crippen LogP contribution in [0, 0.1) is 13.8 Å². The minimum atomic E-state index is -0.0813. The number of aromatic nitrogens is 2. The van der Waals surface area contributed by atoms with Crippen molar-refractivity contribution in [3.8, 4) is 0 Å². The second-order valence-electron chi connectivity index (χ2n) is 4.42. The van der Waals surface area contributed by atoms with Crippen LogP contribution in [0.4, 0.5) is 5.82 Å². The Balaban J connectivity index is 2.21. The number of nitrogens with zero attached hydrogens (tertiary/aromatic N) is 2. The number of oxazole rings is 1. The van der Waals surface area contributed by atoms with Gasteiger partial charge in [0.1, 0.15) is 22.6 Å². The van der Waals surface area contributed by atoms with Gasteiger partial charge in [-0.05, 0) is 32.9 Å². The third-order valence-corrected chi connectivity index (χ3v) is 2.85. The lowest BCUT2D eigenvalue weighted by Crippen LogP contribution is -2.13. The monoisotopic (exact) mass is 276 g/mol. The average molecular weight is 276 g/mol. The number of nitrogens with two attached hydrogens (primary N) is 1. The molecule has 2 aromatic heterocycles. The van der Waals surface area contributed by atoms with E-state index in [4.69, 9.17) is 22.4 Å². The third kappa shape index (κ3) is 3.29. The van der Waals surface area contributed by atoms with Gasteiger partial charge in [0.2, 0.25) is 5.89 Å². The number of hydrogen-bond acceptors (Lipinski definition) is 5. The maximum Gasteiger partial charge on any atom is 0.216 e. The second kappa shape index (κ2) is 5.36. The zero-order chi connectivity index (χ0) is 14.0. The quantitative estimate of drug-likeness (QED) is 0.835. The van der Waals surface area contributed by atoms with Crippen LogP contribution in [-0.4, -0.2) is 15.0 Å². The summed E-state index contributed by atoms with van der Waals surface area (Å²) in [6.07, 6.45) is 1.69. The molecule has 19 heavy (non-hydrogen) atoms. The Morgan fingerprint density at radius 3 is 2.74 bits per heavy atom. The van der Waals surface area contributed by atoms with Crippen LogP contribution in [0.5, 0.6) is 0 Å². The Morgan fingerprint density at radius 2 is 2.16 bits per heavy atom. The zero-order valence-corrected chi connectivity index (χ0v) is 11.9. The van der Waals surface area contributed by atoms with E-state index in [9.17, 15) is 0 Å². The summed E-state index contributed by atoms with van der Waals surface area (Å²) in [5, 5.41) is 3.23. The fraction of sp³-hybridized carbons (Fsp3) is 0.308. The molecular formula is C13H16N4OS. The van der Waals surface area contributed by atoms with Crippen molar-refractivity contribution < 1.29 is 4.42 Å². The van der Waals surface area contributed by atoms with Crippen LogP contribution in [0.25, 0.3) is 0 Å². The first-order valence-corrected chi connectivity index (χ1v) is 6.34. The van der Waals surface area contributed by atoms with Gasteiger partial charge in [-0.15, -0.1) is 0 Å². The summed E-state index contributed by atoms with van der Waals surface area (Å²) in [5.41, 5.74) is 7.28. The Hall–Kier alpha value is -1.95. The molecule has 0 saturated heterocycles. The van der Waals surface area contributed by atoms with Crippen LogP contribution < -0.4 is 11.1 Å². The maximum absolute atomic E-state index is 5.64. The molecule has 0 spiro atoms. The Kier molecular flexibility index (Phi) is 3.80. The molecule has 2 heterocycles. The van der Waals surface area contributed by atoms with Crippen LogP contribution in [0.2, 0.25) is 0 Å². The molecule has 100 valence electrons. The molecule has 0 aromatic carbocycles. The van der Waals surface area contributed by atoms with E-state index in [0.717, 1.165) is 17.0 Å². The van der Waals surface area contributed by atoms with Gasteiger partial charge in [0.25, 0.3) is 0 Å². The summed E-state index contributed by atoms with van der Waals surface area (Å²) in [6, 6.07) is 3.59. The fourth-order valence-corrected chi connectivity index (χ4v) is 1.86. The summed E-state index contributed by atoms with van der Waals surface area (Å²) in [7, 11) is 0. The van der Waals surface area contributed by atoms with Gasteiger partial charge in [-0.25, -0.2) is 9.97 Å². The van der Waals surface area contributed by atoms with Crippen molar-refractivity contribution in [2.24, 2.45) is 5.73 Å². The highest BCUT2D eigenvalue weighted by molar-refractivity contribution is 7.80. The number of rotatable bonds is 4. The van der Waals surface area contributed by atoms with Gasteiger partial charge in [0.15, 0.2) is 0 Å². The van der Waals surface area contributed by atoms with Gasteiger partial charge in [0.05, 0.1) is 6.20 Å². The molecule has 2 aromatic rings. The average Bonchev–Trinajstić information content (AvgIpc) is 2.75. The van der Waals surface area contributed by atoms with Crippen molar-refractivity contribution in [2.75, 3.05) is 5.32 Å². The summed E-state index contributed by atoms with van der Waals surface area (Å²) in [4.78, 5) is 8.93. The molecule has 0 aliphatic heterocycles. The zero-order valence-electron chi connectivity index (χ0n) is 11.1. The van der Waals surface area contributed by atoms with Crippen molar-refractivity contribution in [2.45, 2.75) is 26.8 Å². The van der Waals surface area contributed by atoms with Crippen molar-refractivity contribution in [1.82, 2.24) is 9.97 Å². The van der Waals surface area contributed by atoms with Gasteiger partial charge >= 0.3 is 0 Å². The largest absolute Gasteiger partial charge is 0.444 e. The van der Waals surface area contributed by atoms with Gasteiger partial charge < -0.3 is 15.5 Å². The summed E-state index contributed by atoms with van der Waals surface area (Å²) in [5.74, 6) is 2.11. The predicted molar refractivity (Wildman–Crippen MR) is 78.1 cm³/mol. The van der Waals surface area contributed by atoms with Crippen molar-refractivity contribution >= 4 is 23.0 Å². The molecule has 1 unspecified atom stereocenters. The van der Waals surface area contributed by atoms with Crippen molar-refractivity contribution in [1.29, 1.82) is 0 Å². The minimum absolute atomic E-state index is 0.0813. The standard InChI is InChI=1S/C13H16N4OS/c1-7-4-10(12(14)19)5-11(16-7)17-9(3)13-15-6-8(2)18-13/h4-6,9H,1-3H3,(H2,14,19)(H,16,17). The molecule has 0 amide bonds. The Morgan fingerprint density at radius 1 is 1.42 bits per heavy atom. The molecule has 0 aliphatic carbocycles. The number of aryl methyl sites for hydroxylation is 2. The lowest BCUT2D eigenvalue weighted by Gasteiger charge is -2.12. The van der Waals surface area contributed by atoms with Gasteiger partial charge in [0, 0.05) is 11.3 Å². The van der Waals surface area contributed by atoms with E-state index < -0.39 is 0 Å². The van der Waals surface area contributed by atoms with Crippen molar-refractivity contribution in [3.05, 3.63) is 41.2 Å². The van der Waals surface area contributed by atoms with Crippen LogP contribution >= 0.6 is 12.2 Å². The fourth-order valence-electron chi connectivity index (χ4n) is 1.74. The minimum Gasteiger partial charge on any atom is -0.444 e. The normalized spacial score (nSPS) is 12.2. The van der Waals surface area contributed by atoms with E-state index in [1.807, 2.05) is 32.9 Å². The Bertz CT molecular complexity index is 608. The molecule has 0 aliphatic rings.